The zero-order valence-electron chi connectivity index (χ0n) is 16.7. The van der Waals surface area contributed by atoms with Gasteiger partial charge in [0.2, 0.25) is 0 Å². The SMILES string of the molecule is CC(C)C1=NCC=C1C(=O)N1CC[C@@H](C)[C@H](c2cc(C(F)F)nc3ncnn23)C1. The summed E-state index contributed by atoms with van der Waals surface area (Å²) in [7, 11) is 0. The number of alkyl halides is 2. The van der Waals surface area contributed by atoms with E-state index < -0.39 is 6.43 Å². The van der Waals surface area contributed by atoms with E-state index in [1.807, 2.05) is 24.8 Å². The van der Waals surface area contributed by atoms with Gasteiger partial charge in [-0.2, -0.15) is 10.1 Å². The average Bonchev–Trinajstić information content (AvgIpc) is 3.36. The summed E-state index contributed by atoms with van der Waals surface area (Å²) in [5, 5.41) is 4.18. The number of piperidine rings is 1. The van der Waals surface area contributed by atoms with Crippen LogP contribution in [-0.2, 0) is 4.79 Å². The molecule has 2 aromatic rings. The number of carbonyl (C=O) groups excluding carboxylic acids is 1. The molecule has 9 heteroatoms. The molecule has 0 saturated carbocycles. The van der Waals surface area contributed by atoms with Crippen molar-refractivity contribution in [2.45, 2.75) is 39.5 Å². The quantitative estimate of drug-likeness (QED) is 0.788. The second-order valence-corrected chi connectivity index (χ2v) is 8.00. The number of likely N-dealkylation sites (tertiary alicyclic amines) is 1. The van der Waals surface area contributed by atoms with Gasteiger partial charge in [-0.25, -0.2) is 18.3 Å². The normalized spacial score (nSPS) is 22.5. The van der Waals surface area contributed by atoms with Crippen LogP contribution in [0, 0.1) is 11.8 Å². The van der Waals surface area contributed by atoms with Crippen LogP contribution in [0.4, 0.5) is 8.78 Å². The minimum Gasteiger partial charge on any atom is -0.338 e. The molecule has 0 unspecified atom stereocenters. The molecule has 1 saturated heterocycles. The molecule has 0 aliphatic carbocycles. The van der Waals surface area contributed by atoms with Crippen LogP contribution in [0.3, 0.4) is 0 Å². The Kier molecular flexibility index (Phi) is 5.14. The minimum absolute atomic E-state index is 0.0372. The molecule has 0 aromatic carbocycles. The monoisotopic (exact) mass is 402 g/mol. The summed E-state index contributed by atoms with van der Waals surface area (Å²) in [6.45, 7) is 7.72. The predicted octanol–water partition coefficient (Wildman–Crippen LogP) is 3.05. The first-order chi connectivity index (χ1) is 13.9. The number of aliphatic imine (C=N–C) groups is 1. The standard InChI is InChI=1S/C20H24F2N6O/c1-11(2)17-13(4-6-23-17)19(29)27-7-5-12(3)14(9-27)16-8-15(18(21)22)26-20-24-10-25-28(16)20/h4,8,10-12,14,18H,5-7,9H2,1-3H3/t12-,14-/m1/s1. The summed E-state index contributed by atoms with van der Waals surface area (Å²) in [6, 6.07) is 1.40. The second-order valence-electron chi connectivity index (χ2n) is 8.00. The van der Waals surface area contributed by atoms with Crippen LogP contribution in [0.2, 0.25) is 0 Å². The first-order valence-electron chi connectivity index (χ1n) is 9.89. The fourth-order valence-corrected chi connectivity index (χ4v) is 4.15. The van der Waals surface area contributed by atoms with Crippen molar-refractivity contribution in [3.63, 3.8) is 0 Å². The van der Waals surface area contributed by atoms with Crippen LogP contribution in [0.1, 0.15) is 50.9 Å². The summed E-state index contributed by atoms with van der Waals surface area (Å²) in [6.07, 6.45) is 1.27. The molecule has 1 fully saturated rings. The molecule has 0 spiro atoms. The molecular weight excluding hydrogens is 378 g/mol. The molecule has 0 bridgehead atoms. The number of nitrogens with zero attached hydrogens (tertiary/aromatic N) is 6. The molecule has 2 aliphatic heterocycles. The largest absolute Gasteiger partial charge is 0.338 e. The number of halogens is 2. The van der Waals surface area contributed by atoms with Gasteiger partial charge in [0.05, 0.1) is 23.5 Å². The fourth-order valence-electron chi connectivity index (χ4n) is 4.15. The van der Waals surface area contributed by atoms with Crippen molar-refractivity contribution in [1.29, 1.82) is 0 Å². The highest BCUT2D eigenvalue weighted by Crippen LogP contribution is 2.34. The Bertz CT molecular complexity index is 996. The minimum atomic E-state index is -2.69. The lowest BCUT2D eigenvalue weighted by molar-refractivity contribution is -0.128. The molecule has 2 aromatic heterocycles. The van der Waals surface area contributed by atoms with Gasteiger partial charge >= 0.3 is 0 Å². The molecule has 154 valence electrons. The van der Waals surface area contributed by atoms with Gasteiger partial charge in [-0.15, -0.1) is 0 Å². The number of carbonyl (C=O) groups is 1. The van der Waals surface area contributed by atoms with Crippen molar-refractivity contribution in [2.75, 3.05) is 19.6 Å². The van der Waals surface area contributed by atoms with Gasteiger partial charge in [0.15, 0.2) is 0 Å². The van der Waals surface area contributed by atoms with E-state index >= 15 is 0 Å². The van der Waals surface area contributed by atoms with Gasteiger partial charge in [-0.3, -0.25) is 9.79 Å². The lowest BCUT2D eigenvalue weighted by Gasteiger charge is -2.37. The molecule has 2 aliphatic rings. The molecule has 2 atom stereocenters. The van der Waals surface area contributed by atoms with Crippen LogP contribution in [0.15, 0.2) is 29.0 Å². The number of aromatic nitrogens is 4. The van der Waals surface area contributed by atoms with E-state index in [9.17, 15) is 13.6 Å². The summed E-state index contributed by atoms with van der Waals surface area (Å²) in [4.78, 5) is 27.3. The summed E-state index contributed by atoms with van der Waals surface area (Å²) < 4.78 is 28.2. The van der Waals surface area contributed by atoms with E-state index in [0.717, 1.165) is 12.1 Å². The highest BCUT2D eigenvalue weighted by Gasteiger charge is 2.35. The highest BCUT2D eigenvalue weighted by molar-refractivity contribution is 6.23. The fraction of sp³-hybridized carbons (Fsp3) is 0.550. The highest BCUT2D eigenvalue weighted by atomic mass is 19.3. The number of hydrogen-bond donors (Lipinski definition) is 0. The topological polar surface area (TPSA) is 75.8 Å². The Morgan fingerprint density at radius 1 is 1.31 bits per heavy atom. The lowest BCUT2D eigenvalue weighted by Crippen LogP contribution is -2.44. The summed E-state index contributed by atoms with van der Waals surface area (Å²) in [5.41, 5.74) is 1.81. The number of rotatable bonds is 4. The maximum atomic E-state index is 13.4. The Morgan fingerprint density at radius 3 is 2.83 bits per heavy atom. The van der Waals surface area contributed by atoms with Crippen molar-refractivity contribution >= 4 is 17.4 Å². The van der Waals surface area contributed by atoms with Gasteiger partial charge in [0.1, 0.15) is 12.0 Å². The smallest absolute Gasteiger partial charge is 0.280 e. The van der Waals surface area contributed by atoms with E-state index in [2.05, 4.69) is 27.0 Å². The maximum Gasteiger partial charge on any atom is 0.280 e. The Morgan fingerprint density at radius 2 is 2.10 bits per heavy atom. The van der Waals surface area contributed by atoms with Gasteiger partial charge < -0.3 is 4.90 Å². The van der Waals surface area contributed by atoms with Crippen molar-refractivity contribution < 1.29 is 13.6 Å². The third-order valence-electron chi connectivity index (χ3n) is 5.76. The molecule has 4 heterocycles. The first-order valence-corrected chi connectivity index (χ1v) is 9.89. The van der Waals surface area contributed by atoms with Crippen molar-refractivity contribution in [1.82, 2.24) is 24.5 Å². The van der Waals surface area contributed by atoms with Crippen LogP contribution in [-0.4, -0.2) is 55.7 Å². The zero-order valence-corrected chi connectivity index (χ0v) is 16.7. The number of amides is 1. The van der Waals surface area contributed by atoms with Crippen molar-refractivity contribution in [2.24, 2.45) is 16.8 Å². The van der Waals surface area contributed by atoms with Gasteiger partial charge in [-0.05, 0) is 30.4 Å². The average molecular weight is 402 g/mol. The summed E-state index contributed by atoms with van der Waals surface area (Å²) in [5.74, 6) is 0.357. The van der Waals surface area contributed by atoms with Crippen LogP contribution in [0.25, 0.3) is 5.78 Å². The van der Waals surface area contributed by atoms with Crippen LogP contribution >= 0.6 is 0 Å². The molecule has 0 N–H and O–H groups in total. The van der Waals surface area contributed by atoms with E-state index in [-0.39, 0.29) is 35.1 Å². The van der Waals surface area contributed by atoms with E-state index in [0.29, 0.717) is 30.9 Å². The van der Waals surface area contributed by atoms with E-state index in [4.69, 9.17) is 0 Å². The molecule has 0 radical (unpaired) electrons. The molecule has 29 heavy (non-hydrogen) atoms. The Labute approximate surface area is 167 Å². The Balaban J connectivity index is 1.65. The van der Waals surface area contributed by atoms with Crippen molar-refractivity contribution in [3.8, 4) is 0 Å². The third-order valence-corrected chi connectivity index (χ3v) is 5.76. The molecule has 7 nitrogen and oxygen atoms in total. The van der Waals surface area contributed by atoms with Crippen LogP contribution in [0.5, 0.6) is 0 Å². The zero-order chi connectivity index (χ0) is 20.7. The number of hydrogen-bond acceptors (Lipinski definition) is 5. The van der Waals surface area contributed by atoms with Crippen molar-refractivity contribution in [3.05, 3.63) is 35.4 Å². The first kappa shape index (κ1) is 19.6. The predicted molar refractivity (Wildman–Crippen MR) is 104 cm³/mol. The van der Waals surface area contributed by atoms with E-state index in [1.165, 1.54) is 16.9 Å². The van der Waals surface area contributed by atoms with Crippen LogP contribution < -0.4 is 0 Å². The Hall–Kier alpha value is -2.71. The van der Waals surface area contributed by atoms with Gasteiger partial charge in [0, 0.05) is 19.0 Å². The molecule has 4 rings (SSSR count). The maximum absolute atomic E-state index is 13.4. The van der Waals surface area contributed by atoms with Gasteiger partial charge in [-0.1, -0.05) is 20.8 Å². The molecule has 1 amide bonds. The van der Waals surface area contributed by atoms with Gasteiger partial charge in [0.25, 0.3) is 18.1 Å². The van der Waals surface area contributed by atoms with E-state index in [1.54, 1.807) is 0 Å². The number of fused-ring (bicyclic) bond motifs is 1. The molecular formula is C20H24F2N6O. The third kappa shape index (κ3) is 3.54. The summed E-state index contributed by atoms with van der Waals surface area (Å²) >= 11 is 0. The lowest BCUT2D eigenvalue weighted by atomic mass is 9.83. The second kappa shape index (κ2) is 7.61.